The van der Waals surface area contributed by atoms with Crippen LogP contribution in [0.1, 0.15) is 84.5 Å². The molecule has 1 nitrogen and oxygen atoms in total. The quantitative estimate of drug-likeness (QED) is 0.512. The molecule has 2 rings (SSSR count). The number of hydrogen-bond acceptors (Lipinski definition) is 1. The molecule has 0 atom stereocenters. The Balaban J connectivity index is 1.57. The molecule has 0 spiro atoms. The van der Waals surface area contributed by atoms with Gasteiger partial charge in [0.2, 0.25) is 0 Å². The first kappa shape index (κ1) is 17.1. The maximum atomic E-state index is 5.76. The Hall–Kier alpha value is -0.300. The molecule has 2 fully saturated rings. The Kier molecular flexibility index (Phi) is 7.85. The molecule has 0 N–H and O–H groups in total. The van der Waals surface area contributed by atoms with Gasteiger partial charge in [0.25, 0.3) is 0 Å². The largest absolute Gasteiger partial charge is 0.379 e. The molecule has 0 aromatic heterocycles. The third-order valence-electron chi connectivity index (χ3n) is 5.71. The van der Waals surface area contributed by atoms with Crippen molar-refractivity contribution < 1.29 is 4.74 Å². The van der Waals surface area contributed by atoms with Gasteiger partial charge in [-0.05, 0) is 82.5 Å². The van der Waals surface area contributed by atoms with E-state index in [-0.39, 0.29) is 0 Å². The molecule has 0 saturated heterocycles. The normalized spacial score (nSPS) is 34.4. The summed E-state index contributed by atoms with van der Waals surface area (Å²) in [7, 11) is 0. The lowest BCUT2D eigenvalue weighted by molar-refractivity contribution is 0.0239. The van der Waals surface area contributed by atoms with Gasteiger partial charge in [-0.25, -0.2) is 0 Å². The van der Waals surface area contributed by atoms with Crippen LogP contribution >= 0.6 is 0 Å². The Morgan fingerprint density at radius 1 is 0.810 bits per heavy atom. The zero-order valence-corrected chi connectivity index (χ0v) is 14.4. The van der Waals surface area contributed by atoms with Crippen LogP contribution in [0, 0.1) is 17.8 Å². The van der Waals surface area contributed by atoms with Crippen molar-refractivity contribution in [1.29, 1.82) is 0 Å². The average molecular weight is 293 g/mol. The molecule has 0 heterocycles. The molecular weight excluding hydrogens is 256 g/mol. The molecule has 0 unspecified atom stereocenters. The highest BCUT2D eigenvalue weighted by Crippen LogP contribution is 2.36. The molecule has 0 aromatic rings. The van der Waals surface area contributed by atoms with Crippen LogP contribution in [0.3, 0.4) is 0 Å². The molecule has 1 heteroatoms. The highest BCUT2D eigenvalue weighted by molar-refractivity contribution is 4.90. The molecule has 0 aliphatic heterocycles. The van der Waals surface area contributed by atoms with Gasteiger partial charge in [0, 0.05) is 6.61 Å². The summed E-state index contributed by atoms with van der Waals surface area (Å²) in [4.78, 5) is 0. The van der Waals surface area contributed by atoms with E-state index in [0.717, 1.165) is 24.4 Å². The van der Waals surface area contributed by atoms with E-state index in [2.05, 4.69) is 26.0 Å². The number of ether oxygens (including phenoxy) is 1. The van der Waals surface area contributed by atoms with Crippen LogP contribution in [-0.4, -0.2) is 12.7 Å². The predicted molar refractivity (Wildman–Crippen MR) is 91.5 cm³/mol. The molecule has 0 radical (unpaired) electrons. The zero-order chi connectivity index (χ0) is 14.9. The van der Waals surface area contributed by atoms with E-state index in [1.165, 1.54) is 70.6 Å². The van der Waals surface area contributed by atoms with Crippen LogP contribution in [0.2, 0.25) is 0 Å². The van der Waals surface area contributed by atoms with Gasteiger partial charge in [-0.2, -0.15) is 0 Å². The SMILES string of the molecule is CC/C=C/C1CCC(CCC2CCC(OCC)CC2)CC1. The Bertz CT molecular complexity index is 280. The maximum absolute atomic E-state index is 5.76. The van der Waals surface area contributed by atoms with E-state index < -0.39 is 0 Å². The molecule has 0 amide bonds. The fourth-order valence-electron chi connectivity index (χ4n) is 4.29. The monoisotopic (exact) mass is 292 g/mol. The summed E-state index contributed by atoms with van der Waals surface area (Å²) in [5.41, 5.74) is 0. The molecule has 0 bridgehead atoms. The number of hydrogen-bond donors (Lipinski definition) is 0. The van der Waals surface area contributed by atoms with Crippen LogP contribution in [-0.2, 0) is 4.74 Å². The van der Waals surface area contributed by atoms with E-state index >= 15 is 0 Å². The van der Waals surface area contributed by atoms with Crippen LogP contribution in [0.15, 0.2) is 12.2 Å². The second kappa shape index (κ2) is 9.66. The average Bonchev–Trinajstić information content (AvgIpc) is 2.53. The first-order chi connectivity index (χ1) is 10.3. The fourth-order valence-corrected chi connectivity index (χ4v) is 4.29. The topological polar surface area (TPSA) is 9.23 Å². The Morgan fingerprint density at radius 2 is 1.38 bits per heavy atom. The summed E-state index contributed by atoms with van der Waals surface area (Å²) >= 11 is 0. The predicted octanol–water partition coefficient (Wildman–Crippen LogP) is 6.13. The minimum absolute atomic E-state index is 0.576. The Morgan fingerprint density at radius 3 is 1.90 bits per heavy atom. The lowest BCUT2D eigenvalue weighted by Crippen LogP contribution is -2.22. The second-order valence-corrected chi connectivity index (χ2v) is 7.29. The van der Waals surface area contributed by atoms with Gasteiger partial charge < -0.3 is 4.74 Å². The van der Waals surface area contributed by atoms with Gasteiger partial charge in [0.05, 0.1) is 6.10 Å². The van der Waals surface area contributed by atoms with Crippen molar-refractivity contribution in [3.8, 4) is 0 Å². The molecule has 2 aliphatic rings. The van der Waals surface area contributed by atoms with Crippen molar-refractivity contribution in [3.63, 3.8) is 0 Å². The van der Waals surface area contributed by atoms with Crippen LogP contribution in [0.5, 0.6) is 0 Å². The minimum atomic E-state index is 0.576. The summed E-state index contributed by atoms with van der Waals surface area (Å²) in [5, 5.41) is 0. The minimum Gasteiger partial charge on any atom is -0.379 e. The first-order valence-corrected chi connectivity index (χ1v) is 9.60. The highest BCUT2D eigenvalue weighted by Gasteiger charge is 2.24. The molecule has 21 heavy (non-hydrogen) atoms. The summed E-state index contributed by atoms with van der Waals surface area (Å²) in [6, 6.07) is 0. The second-order valence-electron chi connectivity index (χ2n) is 7.29. The third-order valence-corrected chi connectivity index (χ3v) is 5.71. The highest BCUT2D eigenvalue weighted by atomic mass is 16.5. The third kappa shape index (κ3) is 6.14. The van der Waals surface area contributed by atoms with Crippen molar-refractivity contribution >= 4 is 0 Å². The maximum Gasteiger partial charge on any atom is 0.0575 e. The smallest absolute Gasteiger partial charge is 0.0575 e. The van der Waals surface area contributed by atoms with Gasteiger partial charge in [-0.15, -0.1) is 0 Å². The fraction of sp³-hybridized carbons (Fsp3) is 0.900. The zero-order valence-electron chi connectivity index (χ0n) is 14.4. The standard InChI is InChI=1S/C20H36O/c1-3-5-6-17-7-9-18(10-8-17)11-12-19-13-15-20(16-14-19)21-4-2/h5-6,17-20H,3-4,7-16H2,1-2H3/b6-5+. The van der Waals surface area contributed by atoms with Crippen LogP contribution in [0.25, 0.3) is 0 Å². The molecular formula is C20H36O. The molecule has 0 aromatic carbocycles. The number of allylic oxidation sites excluding steroid dienone is 2. The van der Waals surface area contributed by atoms with Gasteiger partial charge in [-0.3, -0.25) is 0 Å². The van der Waals surface area contributed by atoms with Crippen LogP contribution < -0.4 is 0 Å². The summed E-state index contributed by atoms with van der Waals surface area (Å²) in [5.74, 6) is 2.92. The van der Waals surface area contributed by atoms with Crippen LogP contribution in [0.4, 0.5) is 0 Å². The molecule has 2 aliphatic carbocycles. The van der Waals surface area contributed by atoms with Gasteiger partial charge in [0.1, 0.15) is 0 Å². The summed E-state index contributed by atoms with van der Waals surface area (Å²) in [6.45, 7) is 5.26. The van der Waals surface area contributed by atoms with E-state index in [0.29, 0.717) is 6.10 Å². The van der Waals surface area contributed by atoms with Gasteiger partial charge >= 0.3 is 0 Å². The van der Waals surface area contributed by atoms with Crippen molar-refractivity contribution in [2.75, 3.05) is 6.61 Å². The van der Waals surface area contributed by atoms with Gasteiger partial charge in [-0.1, -0.05) is 31.9 Å². The van der Waals surface area contributed by atoms with E-state index in [1.54, 1.807) is 0 Å². The number of rotatable bonds is 7. The first-order valence-electron chi connectivity index (χ1n) is 9.60. The summed E-state index contributed by atoms with van der Waals surface area (Å²) in [6.07, 6.45) is 20.9. The Labute approximate surface area is 132 Å². The van der Waals surface area contributed by atoms with Gasteiger partial charge in [0.15, 0.2) is 0 Å². The van der Waals surface area contributed by atoms with Crippen molar-refractivity contribution in [1.82, 2.24) is 0 Å². The van der Waals surface area contributed by atoms with Crippen molar-refractivity contribution in [3.05, 3.63) is 12.2 Å². The molecule has 122 valence electrons. The van der Waals surface area contributed by atoms with Crippen molar-refractivity contribution in [2.45, 2.75) is 90.6 Å². The molecule has 2 saturated carbocycles. The van der Waals surface area contributed by atoms with E-state index in [9.17, 15) is 0 Å². The lowest BCUT2D eigenvalue weighted by Gasteiger charge is -2.31. The lowest BCUT2D eigenvalue weighted by atomic mass is 9.77. The van der Waals surface area contributed by atoms with E-state index in [4.69, 9.17) is 4.74 Å². The van der Waals surface area contributed by atoms with Crippen molar-refractivity contribution in [2.24, 2.45) is 17.8 Å². The van der Waals surface area contributed by atoms with E-state index in [1.807, 2.05) is 0 Å². The summed E-state index contributed by atoms with van der Waals surface area (Å²) < 4.78 is 5.76.